The molecule has 0 aliphatic heterocycles. The van der Waals surface area contributed by atoms with Crippen molar-refractivity contribution in [3.8, 4) is 0 Å². The van der Waals surface area contributed by atoms with E-state index in [1.807, 2.05) is 12.1 Å². The van der Waals surface area contributed by atoms with Crippen LogP contribution in [0.1, 0.15) is 69.5 Å². The summed E-state index contributed by atoms with van der Waals surface area (Å²) in [6.07, 6.45) is 3.17. The van der Waals surface area contributed by atoms with E-state index in [-0.39, 0.29) is 23.8 Å². The molecule has 1 unspecified atom stereocenters. The minimum Gasteiger partial charge on any atom is -0.481 e. The lowest BCUT2D eigenvalue weighted by molar-refractivity contribution is -0.137. The Labute approximate surface area is 182 Å². The summed E-state index contributed by atoms with van der Waals surface area (Å²) >= 11 is 0. The number of benzene rings is 2. The highest BCUT2D eigenvalue weighted by atomic mass is 19.1. The Morgan fingerprint density at radius 3 is 2.39 bits per heavy atom. The lowest BCUT2D eigenvalue weighted by atomic mass is 9.84. The van der Waals surface area contributed by atoms with E-state index in [1.54, 1.807) is 24.3 Å². The summed E-state index contributed by atoms with van der Waals surface area (Å²) in [5.74, 6) is -1.37. The molecule has 0 heterocycles. The maximum atomic E-state index is 14.9. The van der Waals surface area contributed by atoms with Gasteiger partial charge in [0.2, 0.25) is 0 Å². The van der Waals surface area contributed by atoms with Crippen molar-refractivity contribution in [2.75, 3.05) is 0 Å². The summed E-state index contributed by atoms with van der Waals surface area (Å²) in [5, 5.41) is 41.4. The number of aliphatic hydroxyl groups excluding tert-OH is 3. The monoisotopic (exact) mass is 432 g/mol. The van der Waals surface area contributed by atoms with Crippen LogP contribution in [0.2, 0.25) is 0 Å². The molecule has 1 fully saturated rings. The molecule has 2 aromatic carbocycles. The first-order valence-electron chi connectivity index (χ1n) is 11.3. The van der Waals surface area contributed by atoms with E-state index >= 15 is 0 Å². The standard InChI is InChI=1S/C25H33FO5/c26-25-17-8-6-5-7-16(17)11-12-20(25)21(27)14-13-19-18(22(28)15-23(19)29)9-3-1-2-4-10-24(30)31/h5-8,11-12,18-19,21-23,27-29H,1-4,9-10,13-15H2,(H,30,31)/t18?,19-,21+,22+,23-/m1/s1. The maximum Gasteiger partial charge on any atom is 0.303 e. The van der Waals surface area contributed by atoms with Crippen molar-refractivity contribution in [2.45, 2.75) is 76.1 Å². The first-order valence-corrected chi connectivity index (χ1v) is 11.3. The fourth-order valence-electron chi connectivity index (χ4n) is 5.00. The predicted octanol–water partition coefficient (Wildman–Crippen LogP) is 4.58. The van der Waals surface area contributed by atoms with Crippen molar-refractivity contribution in [1.82, 2.24) is 0 Å². The zero-order valence-corrected chi connectivity index (χ0v) is 17.8. The molecule has 0 saturated heterocycles. The number of aliphatic carboxylic acids is 1. The van der Waals surface area contributed by atoms with Gasteiger partial charge < -0.3 is 20.4 Å². The van der Waals surface area contributed by atoms with Gasteiger partial charge in [0.25, 0.3) is 0 Å². The first-order chi connectivity index (χ1) is 14.9. The average molecular weight is 433 g/mol. The van der Waals surface area contributed by atoms with Gasteiger partial charge in [0.1, 0.15) is 5.82 Å². The van der Waals surface area contributed by atoms with Gasteiger partial charge >= 0.3 is 5.97 Å². The van der Waals surface area contributed by atoms with E-state index in [0.29, 0.717) is 31.1 Å². The molecular weight excluding hydrogens is 399 g/mol. The number of fused-ring (bicyclic) bond motifs is 1. The molecule has 31 heavy (non-hydrogen) atoms. The molecule has 0 amide bonds. The molecule has 3 rings (SSSR count). The number of carboxylic acids is 1. The SMILES string of the molecule is O=C(O)CCCCCCC1[C@@H](CC[C@H](O)c2ccc3ccccc3c2F)[C@H](O)C[C@@H]1O. The van der Waals surface area contributed by atoms with E-state index in [1.165, 1.54) is 0 Å². The minimum atomic E-state index is -0.966. The summed E-state index contributed by atoms with van der Waals surface area (Å²) in [4.78, 5) is 10.6. The first kappa shape index (κ1) is 23.6. The third-order valence-corrected chi connectivity index (χ3v) is 6.73. The van der Waals surface area contributed by atoms with Gasteiger partial charge in [-0.15, -0.1) is 0 Å². The van der Waals surface area contributed by atoms with Crippen LogP contribution in [-0.4, -0.2) is 38.6 Å². The molecule has 1 aliphatic carbocycles. The summed E-state index contributed by atoms with van der Waals surface area (Å²) in [5.41, 5.74) is 0.265. The molecule has 6 heteroatoms. The lowest BCUT2D eigenvalue weighted by Crippen LogP contribution is -2.23. The van der Waals surface area contributed by atoms with Crippen molar-refractivity contribution in [3.63, 3.8) is 0 Å². The van der Waals surface area contributed by atoms with Crippen LogP contribution in [0.5, 0.6) is 0 Å². The van der Waals surface area contributed by atoms with Crippen LogP contribution in [0.4, 0.5) is 4.39 Å². The second kappa shape index (κ2) is 11.0. The van der Waals surface area contributed by atoms with Gasteiger partial charge in [-0.25, -0.2) is 4.39 Å². The summed E-state index contributed by atoms with van der Waals surface area (Å²) in [6.45, 7) is 0. The predicted molar refractivity (Wildman–Crippen MR) is 117 cm³/mol. The summed E-state index contributed by atoms with van der Waals surface area (Å²) < 4.78 is 14.9. The van der Waals surface area contributed by atoms with Crippen LogP contribution in [0.3, 0.4) is 0 Å². The van der Waals surface area contributed by atoms with E-state index < -0.39 is 30.1 Å². The largest absolute Gasteiger partial charge is 0.481 e. The van der Waals surface area contributed by atoms with E-state index in [4.69, 9.17) is 5.11 Å². The third kappa shape index (κ3) is 6.03. The highest BCUT2D eigenvalue weighted by Crippen LogP contribution is 2.40. The normalized spacial score (nSPS) is 24.5. The quantitative estimate of drug-likeness (QED) is 0.390. The van der Waals surface area contributed by atoms with Crippen molar-refractivity contribution in [2.24, 2.45) is 11.8 Å². The number of hydrogen-bond donors (Lipinski definition) is 4. The number of aliphatic hydroxyl groups is 3. The van der Waals surface area contributed by atoms with Crippen molar-refractivity contribution >= 4 is 16.7 Å². The molecule has 0 spiro atoms. The number of rotatable bonds is 11. The molecule has 4 N–H and O–H groups in total. The molecule has 0 bridgehead atoms. The van der Waals surface area contributed by atoms with E-state index in [9.17, 15) is 24.5 Å². The Bertz CT molecular complexity index is 870. The van der Waals surface area contributed by atoms with Crippen LogP contribution in [0.25, 0.3) is 10.8 Å². The highest BCUT2D eigenvalue weighted by molar-refractivity contribution is 5.83. The Kier molecular flexibility index (Phi) is 8.41. The molecule has 170 valence electrons. The summed E-state index contributed by atoms with van der Waals surface area (Å²) in [7, 11) is 0. The fourth-order valence-corrected chi connectivity index (χ4v) is 5.00. The van der Waals surface area contributed by atoms with Gasteiger partial charge in [-0.2, -0.15) is 0 Å². The number of carbonyl (C=O) groups is 1. The average Bonchev–Trinajstić information content (AvgIpc) is 3.01. The Hall–Kier alpha value is -2.02. The molecule has 5 atom stereocenters. The van der Waals surface area contributed by atoms with Crippen molar-refractivity contribution < 1.29 is 29.6 Å². The Morgan fingerprint density at radius 2 is 1.65 bits per heavy atom. The molecular formula is C25H33FO5. The molecule has 0 radical (unpaired) electrons. The van der Waals surface area contributed by atoms with Crippen LogP contribution in [0.15, 0.2) is 36.4 Å². The van der Waals surface area contributed by atoms with Crippen molar-refractivity contribution in [3.05, 3.63) is 47.8 Å². The molecule has 5 nitrogen and oxygen atoms in total. The van der Waals surface area contributed by atoms with Gasteiger partial charge in [-0.05, 0) is 49.3 Å². The van der Waals surface area contributed by atoms with Gasteiger partial charge in [0.05, 0.1) is 18.3 Å². The Balaban J connectivity index is 1.55. The van der Waals surface area contributed by atoms with Gasteiger partial charge in [0, 0.05) is 17.4 Å². The zero-order valence-electron chi connectivity index (χ0n) is 17.8. The lowest BCUT2D eigenvalue weighted by Gasteiger charge is -2.25. The van der Waals surface area contributed by atoms with Crippen LogP contribution in [-0.2, 0) is 4.79 Å². The smallest absolute Gasteiger partial charge is 0.303 e. The molecule has 1 saturated carbocycles. The summed E-state index contributed by atoms with van der Waals surface area (Å²) in [6, 6.07) is 10.6. The van der Waals surface area contributed by atoms with Gasteiger partial charge in [0.15, 0.2) is 0 Å². The number of hydrogen-bond acceptors (Lipinski definition) is 4. The van der Waals surface area contributed by atoms with Gasteiger partial charge in [-0.1, -0.05) is 55.7 Å². The molecule has 2 aromatic rings. The molecule has 1 aliphatic rings. The van der Waals surface area contributed by atoms with Crippen LogP contribution < -0.4 is 0 Å². The minimum absolute atomic E-state index is 0.0527. The zero-order chi connectivity index (χ0) is 22.4. The fraction of sp³-hybridized carbons (Fsp3) is 0.560. The number of halogens is 1. The molecule has 0 aromatic heterocycles. The maximum absolute atomic E-state index is 14.9. The van der Waals surface area contributed by atoms with Crippen LogP contribution >= 0.6 is 0 Å². The van der Waals surface area contributed by atoms with E-state index in [2.05, 4.69) is 0 Å². The van der Waals surface area contributed by atoms with Crippen molar-refractivity contribution in [1.29, 1.82) is 0 Å². The third-order valence-electron chi connectivity index (χ3n) is 6.73. The number of carboxylic acid groups (broad SMARTS) is 1. The van der Waals surface area contributed by atoms with E-state index in [0.717, 1.165) is 31.1 Å². The second-order valence-electron chi connectivity index (χ2n) is 8.83. The Morgan fingerprint density at radius 1 is 0.968 bits per heavy atom. The number of unbranched alkanes of at least 4 members (excludes halogenated alkanes) is 3. The van der Waals surface area contributed by atoms with Gasteiger partial charge in [-0.3, -0.25) is 4.79 Å². The topological polar surface area (TPSA) is 98.0 Å². The second-order valence-corrected chi connectivity index (χ2v) is 8.83. The van der Waals surface area contributed by atoms with Crippen LogP contribution in [0, 0.1) is 17.7 Å². The highest BCUT2D eigenvalue weighted by Gasteiger charge is 2.41.